The van der Waals surface area contributed by atoms with E-state index in [1.807, 2.05) is 0 Å². The Morgan fingerprint density at radius 2 is 1.73 bits per heavy atom. The largest absolute Gasteiger partial charge is 0.335 e. The fourth-order valence-electron chi connectivity index (χ4n) is 5.23. The van der Waals surface area contributed by atoms with E-state index in [9.17, 15) is 4.79 Å². The zero-order chi connectivity index (χ0) is 18.5. The van der Waals surface area contributed by atoms with Crippen molar-refractivity contribution in [2.45, 2.75) is 84.7 Å². The fourth-order valence-corrected chi connectivity index (χ4v) is 5.23. The topological polar surface area (TPSA) is 20.3 Å². The summed E-state index contributed by atoms with van der Waals surface area (Å²) < 4.78 is 0. The Morgan fingerprint density at radius 1 is 1.04 bits per heavy atom. The maximum absolute atomic E-state index is 13.6. The molecule has 0 bridgehead atoms. The van der Waals surface area contributed by atoms with Gasteiger partial charge in [0.2, 0.25) is 5.91 Å². The summed E-state index contributed by atoms with van der Waals surface area (Å²) in [6.07, 6.45) is 9.71. The van der Waals surface area contributed by atoms with Crippen molar-refractivity contribution in [3.8, 4) is 0 Å². The molecule has 0 unspecified atom stereocenters. The van der Waals surface area contributed by atoms with Crippen molar-refractivity contribution in [3.05, 3.63) is 35.9 Å². The van der Waals surface area contributed by atoms with Crippen molar-refractivity contribution in [2.75, 3.05) is 0 Å². The van der Waals surface area contributed by atoms with E-state index < -0.39 is 0 Å². The Morgan fingerprint density at radius 3 is 2.38 bits per heavy atom. The van der Waals surface area contributed by atoms with Gasteiger partial charge < -0.3 is 4.90 Å². The van der Waals surface area contributed by atoms with Gasteiger partial charge in [-0.15, -0.1) is 0 Å². The Labute approximate surface area is 160 Å². The molecule has 3 atom stereocenters. The van der Waals surface area contributed by atoms with Gasteiger partial charge in [-0.1, -0.05) is 76.8 Å². The van der Waals surface area contributed by atoms with Crippen LogP contribution in [-0.2, 0) is 11.3 Å². The van der Waals surface area contributed by atoms with Crippen LogP contribution >= 0.6 is 0 Å². The van der Waals surface area contributed by atoms with E-state index >= 15 is 0 Å². The second kappa shape index (κ2) is 9.06. The van der Waals surface area contributed by atoms with Crippen LogP contribution < -0.4 is 0 Å². The van der Waals surface area contributed by atoms with Crippen LogP contribution in [0.1, 0.15) is 77.7 Å². The van der Waals surface area contributed by atoms with Crippen LogP contribution in [0.15, 0.2) is 30.3 Å². The van der Waals surface area contributed by atoms with Gasteiger partial charge in [0.1, 0.15) is 0 Å². The van der Waals surface area contributed by atoms with Crippen molar-refractivity contribution >= 4 is 5.91 Å². The summed E-state index contributed by atoms with van der Waals surface area (Å²) in [4.78, 5) is 15.9. The van der Waals surface area contributed by atoms with E-state index in [4.69, 9.17) is 0 Å². The summed E-state index contributed by atoms with van der Waals surface area (Å²) >= 11 is 0. The highest BCUT2D eigenvalue weighted by molar-refractivity contribution is 5.79. The van der Waals surface area contributed by atoms with Crippen molar-refractivity contribution in [1.29, 1.82) is 0 Å². The first-order valence-corrected chi connectivity index (χ1v) is 10.9. The predicted molar refractivity (Wildman–Crippen MR) is 109 cm³/mol. The summed E-state index contributed by atoms with van der Waals surface area (Å²) in [5.74, 6) is 2.72. The van der Waals surface area contributed by atoms with Gasteiger partial charge in [-0.25, -0.2) is 0 Å². The average molecular weight is 356 g/mol. The first-order chi connectivity index (χ1) is 12.6. The fraction of sp³-hybridized carbons (Fsp3) is 0.708. The lowest BCUT2D eigenvalue weighted by molar-refractivity contribution is -0.143. The van der Waals surface area contributed by atoms with Gasteiger partial charge in [-0.3, -0.25) is 4.79 Å². The second-order valence-corrected chi connectivity index (χ2v) is 9.18. The number of rotatable bonds is 5. The second-order valence-electron chi connectivity index (χ2n) is 9.18. The highest BCUT2D eigenvalue weighted by atomic mass is 16.2. The van der Waals surface area contributed by atoms with E-state index in [1.165, 1.54) is 44.1 Å². The van der Waals surface area contributed by atoms with Crippen LogP contribution in [0.2, 0.25) is 0 Å². The molecule has 144 valence electrons. The van der Waals surface area contributed by atoms with Crippen LogP contribution in [0.4, 0.5) is 0 Å². The Kier molecular flexibility index (Phi) is 6.78. The molecule has 0 aliphatic heterocycles. The van der Waals surface area contributed by atoms with Crippen molar-refractivity contribution < 1.29 is 4.79 Å². The van der Waals surface area contributed by atoms with E-state index in [0.29, 0.717) is 23.8 Å². The van der Waals surface area contributed by atoms with E-state index in [0.717, 1.165) is 25.3 Å². The molecule has 0 saturated heterocycles. The minimum atomic E-state index is 0.262. The highest BCUT2D eigenvalue weighted by Gasteiger charge is 2.38. The third kappa shape index (κ3) is 4.69. The molecule has 2 saturated carbocycles. The lowest BCUT2D eigenvalue weighted by atomic mass is 9.72. The molecule has 1 amide bonds. The number of amides is 1. The number of nitrogens with zero attached hydrogens (tertiary/aromatic N) is 1. The normalized spacial score (nSPS) is 27.5. The highest BCUT2D eigenvalue weighted by Crippen LogP contribution is 2.38. The van der Waals surface area contributed by atoms with Gasteiger partial charge in [-0.2, -0.15) is 0 Å². The number of hydrogen-bond donors (Lipinski definition) is 0. The Balaban J connectivity index is 1.86. The molecule has 2 aliphatic rings. The molecule has 3 rings (SSSR count). The lowest BCUT2D eigenvalue weighted by Gasteiger charge is -2.45. The number of benzene rings is 1. The van der Waals surface area contributed by atoms with Gasteiger partial charge in [0, 0.05) is 18.5 Å². The molecule has 0 aromatic heterocycles. The lowest BCUT2D eigenvalue weighted by Crippen LogP contribution is -2.50. The van der Waals surface area contributed by atoms with Crippen LogP contribution in [0.5, 0.6) is 0 Å². The summed E-state index contributed by atoms with van der Waals surface area (Å²) in [5, 5.41) is 0. The summed E-state index contributed by atoms with van der Waals surface area (Å²) in [6.45, 7) is 7.85. The minimum absolute atomic E-state index is 0.262. The third-order valence-electron chi connectivity index (χ3n) is 6.82. The number of carbonyl (C=O) groups is 1. The standard InChI is InChI=1S/C24H37NO/c1-18(2)22-15-14-19(3)16-23(22)25(17-20-10-6-4-7-11-20)24(26)21-12-8-5-9-13-21/h4,6-7,10-11,18-19,21-23H,5,8-9,12-17H2,1-3H3/t19-,22-,23+/m0/s1. The Bertz CT molecular complexity index is 561. The molecule has 0 heterocycles. The SMILES string of the molecule is CC(C)[C@@H]1CC[C@H](C)C[C@H]1N(Cc1ccccc1)C(=O)C1CCCCC1. The zero-order valence-electron chi connectivity index (χ0n) is 17.0. The molecule has 0 radical (unpaired) electrons. The van der Waals surface area contributed by atoms with Crippen molar-refractivity contribution in [3.63, 3.8) is 0 Å². The quantitative estimate of drug-likeness (QED) is 0.629. The Hall–Kier alpha value is -1.31. The predicted octanol–water partition coefficient (Wildman–Crippen LogP) is 6.06. The van der Waals surface area contributed by atoms with E-state index in [2.05, 4.69) is 56.0 Å². The monoisotopic (exact) mass is 355 g/mol. The molecule has 2 heteroatoms. The molecule has 0 spiro atoms. The van der Waals surface area contributed by atoms with Crippen molar-refractivity contribution in [2.24, 2.45) is 23.7 Å². The molecule has 1 aromatic carbocycles. The molecular weight excluding hydrogens is 318 g/mol. The van der Waals surface area contributed by atoms with Crippen LogP contribution in [0.25, 0.3) is 0 Å². The van der Waals surface area contributed by atoms with Gasteiger partial charge in [0.25, 0.3) is 0 Å². The van der Waals surface area contributed by atoms with Gasteiger partial charge in [0.05, 0.1) is 0 Å². The maximum atomic E-state index is 13.6. The molecular formula is C24H37NO. The maximum Gasteiger partial charge on any atom is 0.226 e. The molecule has 0 N–H and O–H groups in total. The minimum Gasteiger partial charge on any atom is -0.335 e. The summed E-state index contributed by atoms with van der Waals surface area (Å²) in [6, 6.07) is 11.0. The van der Waals surface area contributed by atoms with Crippen LogP contribution in [0, 0.1) is 23.7 Å². The molecule has 2 aliphatic carbocycles. The van der Waals surface area contributed by atoms with Crippen molar-refractivity contribution in [1.82, 2.24) is 4.90 Å². The molecule has 2 fully saturated rings. The van der Waals surface area contributed by atoms with Crippen LogP contribution in [0.3, 0.4) is 0 Å². The van der Waals surface area contributed by atoms with E-state index in [1.54, 1.807) is 0 Å². The number of carbonyl (C=O) groups excluding carboxylic acids is 1. The average Bonchev–Trinajstić information content (AvgIpc) is 2.67. The zero-order valence-corrected chi connectivity index (χ0v) is 17.0. The molecule has 26 heavy (non-hydrogen) atoms. The van der Waals surface area contributed by atoms with Gasteiger partial charge >= 0.3 is 0 Å². The molecule has 1 aromatic rings. The molecule has 2 nitrogen and oxygen atoms in total. The number of hydrogen-bond acceptors (Lipinski definition) is 1. The summed E-state index contributed by atoms with van der Waals surface area (Å²) in [7, 11) is 0. The van der Waals surface area contributed by atoms with E-state index in [-0.39, 0.29) is 5.92 Å². The third-order valence-corrected chi connectivity index (χ3v) is 6.82. The first kappa shape index (κ1) is 19.5. The smallest absolute Gasteiger partial charge is 0.226 e. The van der Waals surface area contributed by atoms with Crippen LogP contribution in [-0.4, -0.2) is 16.8 Å². The summed E-state index contributed by atoms with van der Waals surface area (Å²) in [5.41, 5.74) is 1.28. The van der Waals surface area contributed by atoms with Gasteiger partial charge in [0.15, 0.2) is 0 Å². The van der Waals surface area contributed by atoms with Gasteiger partial charge in [-0.05, 0) is 49.0 Å². The first-order valence-electron chi connectivity index (χ1n) is 10.9.